The van der Waals surface area contributed by atoms with E-state index < -0.39 is 17.6 Å². The molecule has 2 amide bonds. The fourth-order valence-electron chi connectivity index (χ4n) is 5.24. The van der Waals surface area contributed by atoms with Crippen molar-refractivity contribution in [1.29, 1.82) is 0 Å². The van der Waals surface area contributed by atoms with Gasteiger partial charge in [-0.2, -0.15) is 13.2 Å². The Morgan fingerprint density at radius 3 is 2.17 bits per heavy atom. The maximum atomic E-state index is 13.4. The third-order valence-corrected chi connectivity index (χ3v) is 7.38. The van der Waals surface area contributed by atoms with Gasteiger partial charge >= 0.3 is 6.18 Å². The summed E-state index contributed by atoms with van der Waals surface area (Å²) >= 11 is 0. The van der Waals surface area contributed by atoms with E-state index in [1.807, 2.05) is 30.3 Å². The number of alkyl halides is 3. The number of rotatable bonds is 7. The first-order chi connectivity index (χ1) is 19.8. The van der Waals surface area contributed by atoms with Crippen molar-refractivity contribution >= 4 is 17.5 Å². The molecule has 3 N–H and O–H groups in total. The summed E-state index contributed by atoms with van der Waals surface area (Å²) in [6.07, 6.45) is -2.54. The number of hydrogen-bond donors (Lipinski definition) is 3. The lowest BCUT2D eigenvalue weighted by molar-refractivity contribution is -0.137. The number of anilines is 1. The summed E-state index contributed by atoms with van der Waals surface area (Å²) in [6.45, 7) is 1.80. The zero-order valence-electron chi connectivity index (χ0n) is 22.2. The van der Waals surface area contributed by atoms with Crippen molar-refractivity contribution in [3.05, 3.63) is 125 Å². The van der Waals surface area contributed by atoms with Crippen LogP contribution in [0.5, 0.6) is 0 Å². The average molecular weight is 558 g/mol. The minimum absolute atomic E-state index is 0.139. The van der Waals surface area contributed by atoms with Crippen LogP contribution in [0.1, 0.15) is 50.7 Å². The van der Waals surface area contributed by atoms with E-state index in [0.29, 0.717) is 33.9 Å². The summed E-state index contributed by atoms with van der Waals surface area (Å²) < 4.78 is 39.1. The van der Waals surface area contributed by atoms with E-state index >= 15 is 0 Å². The van der Waals surface area contributed by atoms with Crippen LogP contribution >= 0.6 is 0 Å². The maximum Gasteiger partial charge on any atom is 0.416 e. The van der Waals surface area contributed by atoms with Crippen LogP contribution in [0.3, 0.4) is 0 Å². The smallest absolute Gasteiger partial charge is 0.345 e. The van der Waals surface area contributed by atoms with Crippen molar-refractivity contribution in [3.8, 4) is 11.1 Å². The van der Waals surface area contributed by atoms with Crippen LogP contribution in [0.4, 0.5) is 18.9 Å². The Balaban J connectivity index is 1.33. The second kappa shape index (κ2) is 12.4. The number of halogens is 3. The van der Waals surface area contributed by atoms with E-state index in [1.165, 1.54) is 12.1 Å². The molecule has 0 radical (unpaired) electrons. The highest BCUT2D eigenvalue weighted by Gasteiger charge is 2.30. The molecule has 4 aromatic rings. The number of carbonyl (C=O) groups is 2. The van der Waals surface area contributed by atoms with E-state index in [1.54, 1.807) is 48.5 Å². The Hall–Kier alpha value is -4.43. The highest BCUT2D eigenvalue weighted by atomic mass is 19.4. The van der Waals surface area contributed by atoms with Gasteiger partial charge < -0.3 is 16.0 Å². The summed E-state index contributed by atoms with van der Waals surface area (Å²) in [5.41, 5.74) is 2.43. The number of piperidine rings is 1. The summed E-state index contributed by atoms with van der Waals surface area (Å²) in [6, 6.07) is 27.9. The van der Waals surface area contributed by atoms with Gasteiger partial charge in [-0.05, 0) is 84.9 Å². The molecule has 0 aromatic heterocycles. The first-order valence-corrected chi connectivity index (χ1v) is 13.5. The zero-order chi connectivity index (χ0) is 28.8. The molecule has 5 nitrogen and oxygen atoms in total. The molecule has 1 fully saturated rings. The quantitative estimate of drug-likeness (QED) is 0.227. The van der Waals surface area contributed by atoms with Crippen molar-refractivity contribution in [3.63, 3.8) is 0 Å². The molecule has 1 aliphatic heterocycles. The van der Waals surface area contributed by atoms with Crippen LogP contribution in [0.15, 0.2) is 103 Å². The first kappa shape index (κ1) is 28.1. The molecule has 5 rings (SSSR count). The second-order valence-corrected chi connectivity index (χ2v) is 10.1. The van der Waals surface area contributed by atoms with E-state index in [2.05, 4.69) is 16.0 Å². The van der Waals surface area contributed by atoms with E-state index in [0.717, 1.165) is 43.6 Å². The predicted molar refractivity (Wildman–Crippen MR) is 154 cm³/mol. The zero-order valence-corrected chi connectivity index (χ0v) is 22.2. The molecule has 1 unspecified atom stereocenters. The lowest BCUT2D eigenvalue weighted by Crippen LogP contribution is -2.38. The molecular formula is C33H30F3N3O2. The van der Waals surface area contributed by atoms with Gasteiger partial charge in [0.15, 0.2) is 0 Å². The van der Waals surface area contributed by atoms with Gasteiger partial charge in [0, 0.05) is 16.8 Å². The van der Waals surface area contributed by atoms with Gasteiger partial charge in [0.25, 0.3) is 11.8 Å². The molecule has 1 atom stereocenters. The van der Waals surface area contributed by atoms with Gasteiger partial charge in [0.05, 0.1) is 11.6 Å². The van der Waals surface area contributed by atoms with Crippen LogP contribution in [0.2, 0.25) is 0 Å². The molecule has 0 aliphatic carbocycles. The summed E-state index contributed by atoms with van der Waals surface area (Å²) in [5, 5.41) is 9.43. The van der Waals surface area contributed by atoms with Gasteiger partial charge in [0.1, 0.15) is 0 Å². The highest BCUT2D eigenvalue weighted by molar-refractivity contribution is 6.09. The Kier molecular flexibility index (Phi) is 8.50. The minimum Gasteiger partial charge on any atom is -0.345 e. The number of benzene rings is 4. The second-order valence-electron chi connectivity index (χ2n) is 10.1. The molecular weight excluding hydrogens is 527 g/mol. The lowest BCUT2D eigenvalue weighted by atomic mass is 9.85. The van der Waals surface area contributed by atoms with Gasteiger partial charge in [-0.15, -0.1) is 0 Å². The van der Waals surface area contributed by atoms with Crippen molar-refractivity contribution in [1.82, 2.24) is 10.6 Å². The fourth-order valence-corrected chi connectivity index (χ4v) is 5.24. The standard InChI is InChI=1S/C33H30F3N3O2/c34-33(35,36)26-15-13-22(14-16-26)28-11-4-5-12-29(28)32(41)38-27-10-6-9-25(21-27)31(40)39-30(23-7-2-1-3-8-23)24-17-19-37-20-18-24/h1-16,21,24,30,37H,17-20H2,(H,38,41)(H,39,40). The van der Waals surface area contributed by atoms with E-state index in [4.69, 9.17) is 0 Å². The molecule has 41 heavy (non-hydrogen) atoms. The molecule has 210 valence electrons. The molecule has 4 aromatic carbocycles. The molecule has 1 heterocycles. The monoisotopic (exact) mass is 557 g/mol. The molecule has 0 saturated carbocycles. The summed E-state index contributed by atoms with van der Waals surface area (Å²) in [7, 11) is 0. The van der Waals surface area contributed by atoms with Crippen molar-refractivity contribution in [2.45, 2.75) is 25.1 Å². The number of amides is 2. The predicted octanol–water partition coefficient (Wildman–Crippen LogP) is 7.10. The maximum absolute atomic E-state index is 13.4. The van der Waals surface area contributed by atoms with Crippen molar-refractivity contribution in [2.75, 3.05) is 18.4 Å². The Bertz CT molecular complexity index is 1500. The van der Waals surface area contributed by atoms with Gasteiger partial charge in [-0.1, -0.05) is 66.7 Å². The van der Waals surface area contributed by atoms with E-state index in [9.17, 15) is 22.8 Å². The molecule has 1 saturated heterocycles. The number of nitrogens with one attached hydrogen (secondary N) is 3. The van der Waals surface area contributed by atoms with Crippen LogP contribution in [-0.4, -0.2) is 24.9 Å². The SMILES string of the molecule is O=C(NC(c1ccccc1)C1CCNCC1)c1cccc(NC(=O)c2ccccc2-c2ccc(C(F)(F)F)cc2)c1. The van der Waals surface area contributed by atoms with Crippen LogP contribution in [-0.2, 0) is 6.18 Å². The van der Waals surface area contributed by atoms with Crippen LogP contribution in [0, 0.1) is 5.92 Å². The molecule has 0 spiro atoms. The third-order valence-electron chi connectivity index (χ3n) is 7.38. The van der Waals surface area contributed by atoms with Crippen molar-refractivity contribution < 1.29 is 22.8 Å². The first-order valence-electron chi connectivity index (χ1n) is 13.5. The van der Waals surface area contributed by atoms with Crippen molar-refractivity contribution in [2.24, 2.45) is 5.92 Å². The van der Waals surface area contributed by atoms with Crippen LogP contribution in [0.25, 0.3) is 11.1 Å². The van der Waals surface area contributed by atoms with Gasteiger partial charge in [0.2, 0.25) is 0 Å². The lowest BCUT2D eigenvalue weighted by Gasteiger charge is -2.32. The fraction of sp³-hybridized carbons (Fsp3) is 0.212. The van der Waals surface area contributed by atoms with Gasteiger partial charge in [-0.25, -0.2) is 0 Å². The Morgan fingerprint density at radius 2 is 1.46 bits per heavy atom. The summed E-state index contributed by atoms with van der Waals surface area (Å²) in [5.74, 6) is -0.374. The van der Waals surface area contributed by atoms with Crippen LogP contribution < -0.4 is 16.0 Å². The minimum atomic E-state index is -4.44. The number of carbonyl (C=O) groups excluding carboxylic acids is 2. The molecule has 8 heteroatoms. The normalized spacial score (nSPS) is 14.7. The summed E-state index contributed by atoms with van der Waals surface area (Å²) in [4.78, 5) is 26.7. The average Bonchev–Trinajstić information content (AvgIpc) is 3.00. The molecule has 1 aliphatic rings. The van der Waals surface area contributed by atoms with E-state index in [-0.39, 0.29) is 11.9 Å². The third kappa shape index (κ3) is 6.84. The topological polar surface area (TPSA) is 70.2 Å². The highest BCUT2D eigenvalue weighted by Crippen LogP contribution is 2.32. The number of hydrogen-bond acceptors (Lipinski definition) is 3. The Morgan fingerprint density at radius 1 is 0.780 bits per heavy atom. The molecule has 0 bridgehead atoms. The largest absolute Gasteiger partial charge is 0.416 e. The Labute approximate surface area is 236 Å². The van der Waals surface area contributed by atoms with Gasteiger partial charge in [-0.3, -0.25) is 9.59 Å².